The Morgan fingerprint density at radius 2 is 1.35 bits per heavy atom. The Labute approximate surface area is 251 Å². The minimum absolute atomic E-state index is 0.0383. The summed E-state index contributed by atoms with van der Waals surface area (Å²) in [5.41, 5.74) is 4.26. The quantitative estimate of drug-likeness (QED) is 0.179. The Balaban J connectivity index is 1.26. The Bertz CT molecular complexity index is 1670. The highest BCUT2D eigenvalue weighted by molar-refractivity contribution is 7.87. The third kappa shape index (κ3) is 7.24. The summed E-state index contributed by atoms with van der Waals surface area (Å²) in [6.45, 7) is 5.33. The molecule has 43 heavy (non-hydrogen) atoms. The van der Waals surface area contributed by atoms with Gasteiger partial charge in [-0.1, -0.05) is 78.9 Å². The van der Waals surface area contributed by atoms with E-state index in [2.05, 4.69) is 17.4 Å². The van der Waals surface area contributed by atoms with Gasteiger partial charge in [0.2, 0.25) is 0 Å². The molecule has 0 heterocycles. The van der Waals surface area contributed by atoms with Crippen LogP contribution in [-0.4, -0.2) is 38.7 Å². The lowest BCUT2D eigenvalue weighted by Gasteiger charge is -2.25. The number of esters is 1. The van der Waals surface area contributed by atoms with E-state index in [-0.39, 0.29) is 29.6 Å². The van der Waals surface area contributed by atoms with Crippen LogP contribution >= 0.6 is 0 Å². The van der Waals surface area contributed by atoms with Gasteiger partial charge >= 0.3 is 22.2 Å². The predicted molar refractivity (Wildman–Crippen MR) is 162 cm³/mol. The van der Waals surface area contributed by atoms with Crippen molar-refractivity contribution in [1.29, 1.82) is 0 Å². The van der Waals surface area contributed by atoms with E-state index < -0.39 is 33.8 Å². The van der Waals surface area contributed by atoms with Crippen molar-refractivity contribution in [1.82, 2.24) is 5.32 Å². The van der Waals surface area contributed by atoms with Crippen molar-refractivity contribution in [2.75, 3.05) is 6.61 Å². The molecule has 9 heteroatoms. The first-order chi connectivity index (χ1) is 20.5. The number of benzene rings is 4. The highest BCUT2D eigenvalue weighted by Gasteiger charge is 2.31. The first kappa shape index (κ1) is 29.8. The lowest BCUT2D eigenvalue weighted by molar-refractivity contribution is -0.157. The summed E-state index contributed by atoms with van der Waals surface area (Å²) in [6, 6.07) is 29.1. The van der Waals surface area contributed by atoms with Crippen LogP contribution in [0.4, 0.5) is 4.79 Å². The third-order valence-corrected chi connectivity index (χ3v) is 8.19. The van der Waals surface area contributed by atoms with E-state index in [9.17, 15) is 18.0 Å². The summed E-state index contributed by atoms with van der Waals surface area (Å²) in [6.07, 6.45) is -0.656. The van der Waals surface area contributed by atoms with Crippen LogP contribution < -0.4 is 9.50 Å². The molecule has 4 aromatic carbocycles. The maximum atomic E-state index is 13.1. The zero-order chi connectivity index (χ0) is 30.6. The molecule has 0 spiro atoms. The van der Waals surface area contributed by atoms with Gasteiger partial charge in [-0.25, -0.2) is 9.59 Å². The molecule has 8 nitrogen and oxygen atoms in total. The molecule has 0 aromatic heterocycles. The molecule has 0 saturated carbocycles. The van der Waals surface area contributed by atoms with Crippen LogP contribution in [0.25, 0.3) is 11.1 Å². The minimum Gasteiger partial charge on any atom is -0.458 e. The van der Waals surface area contributed by atoms with E-state index in [1.54, 1.807) is 51.1 Å². The molecule has 0 bridgehead atoms. The number of nitrogens with one attached hydrogen (secondary N) is 1. The van der Waals surface area contributed by atoms with Crippen molar-refractivity contribution < 1.29 is 31.7 Å². The van der Waals surface area contributed by atoms with Gasteiger partial charge in [-0.2, -0.15) is 8.42 Å². The molecule has 1 unspecified atom stereocenters. The van der Waals surface area contributed by atoms with Crippen LogP contribution in [0.15, 0.2) is 108 Å². The molecule has 222 valence electrons. The van der Waals surface area contributed by atoms with Gasteiger partial charge < -0.3 is 19.0 Å². The molecular formula is C34H33NO7S. The molecule has 0 aliphatic heterocycles. The highest BCUT2D eigenvalue weighted by atomic mass is 32.2. The average Bonchev–Trinajstić information content (AvgIpc) is 3.30. The van der Waals surface area contributed by atoms with Crippen molar-refractivity contribution in [2.24, 2.45) is 0 Å². The molecule has 0 fully saturated rings. The standard InChI is InChI=1S/C34H33NO7S/c1-34(2,3)41-32(36)31(21-23-17-19-24(20-18-23)42-43(38,39)25-11-5-4-6-12-25)35-33(37)40-22-30-28-15-9-7-13-26(28)27-14-8-10-16-29(27)30/h4-20,30-31H,21-22H2,1-3H3,(H,35,37). The van der Waals surface area contributed by atoms with Gasteiger partial charge in [0.1, 0.15) is 28.9 Å². The van der Waals surface area contributed by atoms with Gasteiger partial charge in [0.15, 0.2) is 0 Å². The molecule has 5 rings (SSSR count). The zero-order valence-electron chi connectivity index (χ0n) is 24.1. The van der Waals surface area contributed by atoms with Crippen LogP contribution in [0.1, 0.15) is 43.4 Å². The summed E-state index contributed by atoms with van der Waals surface area (Å²) in [7, 11) is -4.00. The summed E-state index contributed by atoms with van der Waals surface area (Å²) < 4.78 is 41.6. The van der Waals surface area contributed by atoms with E-state index >= 15 is 0 Å². The smallest absolute Gasteiger partial charge is 0.407 e. The van der Waals surface area contributed by atoms with Gasteiger partial charge in [0, 0.05) is 12.3 Å². The van der Waals surface area contributed by atoms with Crippen molar-refractivity contribution in [3.05, 3.63) is 120 Å². The number of alkyl carbamates (subject to hydrolysis) is 1. The number of rotatable bonds is 9. The lowest BCUT2D eigenvalue weighted by Crippen LogP contribution is -2.46. The minimum atomic E-state index is -4.00. The number of hydrogen-bond donors (Lipinski definition) is 1. The number of ether oxygens (including phenoxy) is 2. The van der Waals surface area contributed by atoms with Gasteiger partial charge in [0.25, 0.3) is 0 Å². The van der Waals surface area contributed by atoms with Crippen LogP contribution in [-0.2, 0) is 30.8 Å². The van der Waals surface area contributed by atoms with Gasteiger partial charge in [-0.05, 0) is 72.9 Å². The van der Waals surface area contributed by atoms with E-state index in [0.29, 0.717) is 5.56 Å². The van der Waals surface area contributed by atoms with Gasteiger partial charge in [-0.3, -0.25) is 0 Å². The topological polar surface area (TPSA) is 108 Å². The van der Waals surface area contributed by atoms with Crippen LogP contribution in [0, 0.1) is 0 Å². The maximum absolute atomic E-state index is 13.1. The Morgan fingerprint density at radius 3 is 1.93 bits per heavy atom. The number of hydrogen-bond acceptors (Lipinski definition) is 7. The predicted octanol–water partition coefficient (Wildman–Crippen LogP) is 6.25. The van der Waals surface area contributed by atoms with Crippen LogP contribution in [0.5, 0.6) is 5.75 Å². The van der Waals surface area contributed by atoms with Gasteiger partial charge in [-0.15, -0.1) is 0 Å². The van der Waals surface area contributed by atoms with E-state index in [4.69, 9.17) is 13.7 Å². The highest BCUT2D eigenvalue weighted by Crippen LogP contribution is 2.44. The molecule has 1 aliphatic carbocycles. The fraction of sp³-hybridized carbons (Fsp3) is 0.235. The maximum Gasteiger partial charge on any atom is 0.407 e. The number of carbonyl (C=O) groups excluding carboxylic acids is 2. The number of amides is 1. The largest absolute Gasteiger partial charge is 0.458 e. The second kappa shape index (κ2) is 12.3. The summed E-state index contributed by atoms with van der Waals surface area (Å²) in [5, 5.41) is 2.67. The van der Waals surface area contributed by atoms with E-state index in [1.165, 1.54) is 24.3 Å². The summed E-state index contributed by atoms with van der Waals surface area (Å²) in [4.78, 5) is 26.2. The molecule has 1 N–H and O–H groups in total. The first-order valence-electron chi connectivity index (χ1n) is 13.9. The number of fused-ring (bicyclic) bond motifs is 3. The molecule has 0 saturated heterocycles. The second-order valence-corrected chi connectivity index (χ2v) is 12.8. The van der Waals surface area contributed by atoms with E-state index in [1.807, 2.05) is 36.4 Å². The number of carbonyl (C=O) groups is 2. The van der Waals surface area contributed by atoms with E-state index in [0.717, 1.165) is 22.3 Å². The molecule has 0 radical (unpaired) electrons. The van der Waals surface area contributed by atoms with Crippen molar-refractivity contribution in [2.45, 2.75) is 49.6 Å². The van der Waals surface area contributed by atoms with Crippen LogP contribution in [0.2, 0.25) is 0 Å². The third-order valence-electron chi connectivity index (χ3n) is 6.93. The fourth-order valence-corrected chi connectivity index (χ4v) is 5.98. The van der Waals surface area contributed by atoms with Gasteiger partial charge in [0.05, 0.1) is 0 Å². The van der Waals surface area contributed by atoms with Crippen LogP contribution in [0.3, 0.4) is 0 Å². The van der Waals surface area contributed by atoms with Crippen molar-refractivity contribution >= 4 is 22.2 Å². The molecule has 4 aromatic rings. The van der Waals surface area contributed by atoms with Crippen molar-refractivity contribution in [3.8, 4) is 16.9 Å². The Morgan fingerprint density at radius 1 is 0.791 bits per heavy atom. The zero-order valence-corrected chi connectivity index (χ0v) is 25.0. The summed E-state index contributed by atoms with van der Waals surface area (Å²) >= 11 is 0. The summed E-state index contributed by atoms with van der Waals surface area (Å²) in [5.74, 6) is -0.628. The molecule has 1 amide bonds. The average molecular weight is 600 g/mol. The second-order valence-electron chi connectivity index (χ2n) is 11.3. The first-order valence-corrected chi connectivity index (χ1v) is 15.3. The molecule has 1 atom stereocenters. The SMILES string of the molecule is CC(C)(C)OC(=O)C(Cc1ccc(OS(=O)(=O)c2ccccc2)cc1)NC(=O)OCC1c2ccccc2-c2ccccc21. The molecular weight excluding hydrogens is 566 g/mol. The lowest BCUT2D eigenvalue weighted by atomic mass is 9.98. The Hall–Kier alpha value is -4.63. The Kier molecular flexibility index (Phi) is 8.54. The normalized spacial score (nSPS) is 13.4. The van der Waals surface area contributed by atoms with Crippen molar-refractivity contribution in [3.63, 3.8) is 0 Å². The molecule has 1 aliphatic rings. The fourth-order valence-electron chi connectivity index (χ4n) is 5.03. The monoisotopic (exact) mass is 599 g/mol.